The summed E-state index contributed by atoms with van der Waals surface area (Å²) in [7, 11) is 1.45. The Morgan fingerprint density at radius 2 is 2.00 bits per heavy atom. The molecular weight excluding hydrogens is 308 g/mol. The lowest BCUT2D eigenvalue weighted by atomic mass is 10.4. The van der Waals surface area contributed by atoms with Gasteiger partial charge in [-0.2, -0.15) is 0 Å². The summed E-state index contributed by atoms with van der Waals surface area (Å²) in [5.41, 5.74) is 0. The lowest BCUT2D eigenvalue weighted by Gasteiger charge is -2.05. The Kier molecular flexibility index (Phi) is 8.85. The van der Waals surface area contributed by atoms with Crippen molar-refractivity contribution < 1.29 is 24.2 Å². The van der Waals surface area contributed by atoms with Gasteiger partial charge in [-0.25, -0.2) is 0 Å². The highest BCUT2D eigenvalue weighted by Crippen LogP contribution is 2.03. The van der Waals surface area contributed by atoms with Gasteiger partial charge in [-0.15, -0.1) is 0 Å². The van der Waals surface area contributed by atoms with Gasteiger partial charge in [0.2, 0.25) is 5.91 Å². The monoisotopic (exact) mass is 322 g/mol. The van der Waals surface area contributed by atoms with E-state index in [1.165, 1.54) is 7.05 Å². The standard InChI is InChI=1S/C10H15BrN2O5/c1-12-8(14)6-7(11)10(17)13-3-5-18-4-2-9(15)16/h6H,2-5H2,1H3,(H,12,14)(H,13,17)(H,15,16)/b7-6+. The lowest BCUT2D eigenvalue weighted by molar-refractivity contribution is -0.138. The second kappa shape index (κ2) is 9.60. The van der Waals surface area contributed by atoms with Gasteiger partial charge in [-0.1, -0.05) is 0 Å². The Labute approximate surface area is 113 Å². The molecule has 8 heteroatoms. The summed E-state index contributed by atoms with van der Waals surface area (Å²) in [6.07, 6.45) is 1.04. The van der Waals surface area contributed by atoms with Crippen molar-refractivity contribution in [2.24, 2.45) is 0 Å². The normalized spacial score (nSPS) is 10.9. The fourth-order valence-electron chi connectivity index (χ4n) is 0.836. The molecule has 0 aliphatic rings. The summed E-state index contributed by atoms with van der Waals surface area (Å²) < 4.78 is 5.07. The van der Waals surface area contributed by atoms with Crippen molar-refractivity contribution >= 4 is 33.7 Å². The first-order valence-corrected chi connectivity index (χ1v) is 5.93. The third-order valence-corrected chi connectivity index (χ3v) is 2.30. The van der Waals surface area contributed by atoms with Crippen molar-refractivity contribution in [1.29, 1.82) is 0 Å². The molecule has 0 fully saturated rings. The number of rotatable bonds is 8. The fourth-order valence-corrected chi connectivity index (χ4v) is 1.18. The Bertz CT molecular complexity index is 343. The second-order valence-electron chi connectivity index (χ2n) is 3.12. The zero-order valence-electron chi connectivity index (χ0n) is 9.86. The van der Waals surface area contributed by atoms with Gasteiger partial charge in [0.05, 0.1) is 24.1 Å². The van der Waals surface area contributed by atoms with E-state index in [1.54, 1.807) is 0 Å². The molecule has 0 radical (unpaired) electrons. The average Bonchev–Trinajstić information content (AvgIpc) is 2.32. The van der Waals surface area contributed by atoms with Gasteiger partial charge in [0.1, 0.15) is 0 Å². The summed E-state index contributed by atoms with van der Waals surface area (Å²) in [5, 5.41) is 13.2. The highest BCUT2D eigenvalue weighted by molar-refractivity contribution is 9.12. The van der Waals surface area contributed by atoms with E-state index in [4.69, 9.17) is 9.84 Å². The van der Waals surface area contributed by atoms with Gasteiger partial charge in [0.25, 0.3) is 5.91 Å². The number of likely N-dealkylation sites (N-methyl/N-ethyl adjacent to an activating group) is 1. The molecule has 7 nitrogen and oxygen atoms in total. The summed E-state index contributed by atoms with van der Waals surface area (Å²) in [6, 6.07) is 0. The third kappa shape index (κ3) is 8.71. The first kappa shape index (κ1) is 16.6. The van der Waals surface area contributed by atoms with Gasteiger partial charge in [-0.3, -0.25) is 14.4 Å². The van der Waals surface area contributed by atoms with Crippen molar-refractivity contribution in [3.8, 4) is 0 Å². The molecule has 0 aromatic heterocycles. The molecular formula is C10H15BrN2O5. The van der Waals surface area contributed by atoms with Gasteiger partial charge in [0, 0.05) is 19.7 Å². The highest BCUT2D eigenvalue weighted by Gasteiger charge is 2.06. The van der Waals surface area contributed by atoms with E-state index in [9.17, 15) is 14.4 Å². The molecule has 102 valence electrons. The zero-order chi connectivity index (χ0) is 14.0. The lowest BCUT2D eigenvalue weighted by Crippen LogP contribution is -2.28. The molecule has 0 aromatic carbocycles. The molecule has 0 spiro atoms. The van der Waals surface area contributed by atoms with Crippen molar-refractivity contribution in [3.05, 3.63) is 10.6 Å². The van der Waals surface area contributed by atoms with Crippen molar-refractivity contribution in [2.45, 2.75) is 6.42 Å². The maximum absolute atomic E-state index is 11.4. The zero-order valence-corrected chi connectivity index (χ0v) is 11.4. The predicted octanol–water partition coefficient (Wildman–Crippen LogP) is -0.381. The number of hydrogen-bond donors (Lipinski definition) is 3. The topological polar surface area (TPSA) is 105 Å². The van der Waals surface area contributed by atoms with Gasteiger partial charge in [-0.05, 0) is 15.9 Å². The van der Waals surface area contributed by atoms with Crippen LogP contribution in [0.3, 0.4) is 0 Å². The Hall–Kier alpha value is -1.41. The van der Waals surface area contributed by atoms with Crippen LogP contribution in [0.1, 0.15) is 6.42 Å². The molecule has 0 atom stereocenters. The maximum Gasteiger partial charge on any atom is 0.305 e. The van der Waals surface area contributed by atoms with Crippen LogP contribution in [0.25, 0.3) is 0 Å². The van der Waals surface area contributed by atoms with E-state index in [2.05, 4.69) is 26.6 Å². The van der Waals surface area contributed by atoms with E-state index in [0.29, 0.717) is 0 Å². The predicted molar refractivity (Wildman–Crippen MR) is 67.2 cm³/mol. The Morgan fingerprint density at radius 1 is 1.33 bits per heavy atom. The molecule has 0 aliphatic heterocycles. The van der Waals surface area contributed by atoms with Crippen LogP contribution in [-0.4, -0.2) is 49.7 Å². The molecule has 0 saturated carbocycles. The average molecular weight is 323 g/mol. The van der Waals surface area contributed by atoms with E-state index in [0.717, 1.165) is 6.08 Å². The number of nitrogens with one attached hydrogen (secondary N) is 2. The molecule has 0 unspecified atom stereocenters. The highest BCUT2D eigenvalue weighted by atomic mass is 79.9. The Morgan fingerprint density at radius 3 is 2.56 bits per heavy atom. The number of aliphatic carboxylic acids is 1. The first-order chi connectivity index (χ1) is 8.47. The summed E-state index contributed by atoms with van der Waals surface area (Å²) >= 11 is 2.96. The van der Waals surface area contributed by atoms with E-state index < -0.39 is 17.8 Å². The first-order valence-electron chi connectivity index (χ1n) is 5.14. The van der Waals surface area contributed by atoms with Crippen LogP contribution in [0.4, 0.5) is 0 Å². The quantitative estimate of drug-likeness (QED) is 0.417. The minimum Gasteiger partial charge on any atom is -0.481 e. The molecule has 2 amide bonds. The number of carboxylic acids is 1. The summed E-state index contributed by atoms with van der Waals surface area (Å²) in [4.78, 5) is 32.5. The number of ether oxygens (including phenoxy) is 1. The molecule has 3 N–H and O–H groups in total. The minimum absolute atomic E-state index is 0.0752. The number of carbonyl (C=O) groups is 3. The van der Waals surface area contributed by atoms with E-state index >= 15 is 0 Å². The van der Waals surface area contributed by atoms with Crippen molar-refractivity contribution in [3.63, 3.8) is 0 Å². The van der Waals surface area contributed by atoms with E-state index in [1.807, 2.05) is 0 Å². The van der Waals surface area contributed by atoms with Crippen LogP contribution in [0.2, 0.25) is 0 Å². The third-order valence-electron chi connectivity index (χ3n) is 1.71. The van der Waals surface area contributed by atoms with Crippen LogP contribution >= 0.6 is 15.9 Å². The van der Waals surface area contributed by atoms with Crippen LogP contribution in [0.15, 0.2) is 10.6 Å². The van der Waals surface area contributed by atoms with Gasteiger partial charge >= 0.3 is 5.97 Å². The molecule has 0 heterocycles. The second-order valence-corrected chi connectivity index (χ2v) is 3.97. The number of hydrogen-bond acceptors (Lipinski definition) is 4. The van der Waals surface area contributed by atoms with Crippen molar-refractivity contribution in [1.82, 2.24) is 10.6 Å². The smallest absolute Gasteiger partial charge is 0.305 e. The van der Waals surface area contributed by atoms with Gasteiger partial charge in [0.15, 0.2) is 0 Å². The molecule has 0 bridgehead atoms. The maximum atomic E-state index is 11.4. The van der Waals surface area contributed by atoms with E-state index in [-0.39, 0.29) is 30.7 Å². The molecule has 0 rings (SSSR count). The largest absolute Gasteiger partial charge is 0.481 e. The SMILES string of the molecule is CNC(=O)/C=C(/Br)C(=O)NCCOCCC(=O)O. The minimum atomic E-state index is -0.935. The van der Waals surface area contributed by atoms with Crippen LogP contribution < -0.4 is 10.6 Å². The summed E-state index contributed by atoms with van der Waals surface area (Å²) in [5.74, 6) is -1.77. The Balaban J connectivity index is 3.74. The van der Waals surface area contributed by atoms with Crippen molar-refractivity contribution in [2.75, 3.05) is 26.8 Å². The number of halogens is 1. The number of carboxylic acid groups (broad SMARTS) is 1. The molecule has 0 saturated heterocycles. The summed E-state index contributed by atoms with van der Waals surface area (Å²) in [6.45, 7) is 0.537. The number of carbonyl (C=O) groups excluding carboxylic acids is 2. The van der Waals surface area contributed by atoms with Crippen LogP contribution in [0.5, 0.6) is 0 Å². The number of amides is 2. The molecule has 0 aliphatic carbocycles. The van der Waals surface area contributed by atoms with Crippen LogP contribution in [0, 0.1) is 0 Å². The van der Waals surface area contributed by atoms with Crippen LogP contribution in [-0.2, 0) is 19.1 Å². The fraction of sp³-hybridized carbons (Fsp3) is 0.500. The molecule has 0 aromatic rings. The molecule has 18 heavy (non-hydrogen) atoms. The van der Waals surface area contributed by atoms with Gasteiger partial charge < -0.3 is 20.5 Å².